The first-order chi connectivity index (χ1) is 14.6. The molecule has 0 bridgehead atoms. The highest BCUT2D eigenvalue weighted by molar-refractivity contribution is 5.68. The van der Waals surface area contributed by atoms with Gasteiger partial charge in [-0.15, -0.1) is 0 Å². The Morgan fingerprint density at radius 2 is 1.70 bits per heavy atom. The lowest BCUT2D eigenvalue weighted by molar-refractivity contribution is -0.183. The number of piperidine rings is 1. The molecule has 1 aliphatic rings. The third kappa shape index (κ3) is 5.97. The first-order valence-electron chi connectivity index (χ1n) is 10.6. The van der Waals surface area contributed by atoms with E-state index in [1.165, 1.54) is 0 Å². The number of benzene rings is 2. The number of hydrogen-bond donors (Lipinski definition) is 1. The van der Waals surface area contributed by atoms with Gasteiger partial charge in [-0.3, -0.25) is 0 Å². The van der Waals surface area contributed by atoms with Gasteiger partial charge < -0.3 is 24.2 Å². The third-order valence-corrected chi connectivity index (χ3v) is 5.26. The van der Waals surface area contributed by atoms with E-state index < -0.39 is 11.9 Å². The van der Waals surface area contributed by atoms with Crippen molar-refractivity contribution in [3.63, 3.8) is 0 Å². The summed E-state index contributed by atoms with van der Waals surface area (Å²) >= 11 is 0. The summed E-state index contributed by atoms with van der Waals surface area (Å²) in [6.45, 7) is 1.89. The number of ether oxygens (including phenoxy) is 3. The molecule has 1 amide bonds. The number of hydrogen-bond acceptors (Lipinski definition) is 5. The van der Waals surface area contributed by atoms with Gasteiger partial charge in [-0.2, -0.15) is 0 Å². The highest BCUT2D eigenvalue weighted by atomic mass is 16.7. The molecule has 0 spiro atoms. The van der Waals surface area contributed by atoms with E-state index >= 15 is 0 Å². The number of aliphatic hydroxyl groups is 1. The first kappa shape index (κ1) is 22.1. The van der Waals surface area contributed by atoms with Crippen molar-refractivity contribution < 1.29 is 24.1 Å². The molecule has 2 aromatic rings. The van der Waals surface area contributed by atoms with Crippen molar-refractivity contribution in [2.45, 2.75) is 44.3 Å². The molecule has 2 aromatic carbocycles. The van der Waals surface area contributed by atoms with Crippen LogP contribution in [0.5, 0.6) is 11.5 Å². The van der Waals surface area contributed by atoms with Crippen LogP contribution in [-0.4, -0.2) is 42.9 Å². The van der Waals surface area contributed by atoms with Crippen LogP contribution in [0, 0.1) is 0 Å². The van der Waals surface area contributed by atoms with Gasteiger partial charge in [-0.05, 0) is 56.4 Å². The molecule has 1 fully saturated rings. The summed E-state index contributed by atoms with van der Waals surface area (Å²) in [5, 5.41) is 11.6. The van der Waals surface area contributed by atoms with Crippen molar-refractivity contribution in [2.24, 2.45) is 0 Å². The maximum absolute atomic E-state index is 12.8. The average molecular weight is 414 g/mol. The Balaban J connectivity index is 1.84. The van der Waals surface area contributed by atoms with Crippen LogP contribution < -0.4 is 4.74 Å². The summed E-state index contributed by atoms with van der Waals surface area (Å²) in [5.74, 6) is -0.674. The largest absolute Gasteiger partial charge is 0.457 e. The second-order valence-corrected chi connectivity index (χ2v) is 7.56. The molecule has 30 heavy (non-hydrogen) atoms. The standard InChI is InChI=1S/C24H31NO5/c1-28-19-11-8-16-24(27,30-23(26)25-17-9-3-10-18-25)21-14-6-7-15-22(21)29-20-12-4-2-5-13-20/h2,4-7,12-15,27H,3,8-11,16-19H2,1H3/t24-/m0/s1. The van der Waals surface area contributed by atoms with Crippen LogP contribution in [0.3, 0.4) is 0 Å². The summed E-state index contributed by atoms with van der Waals surface area (Å²) in [5.41, 5.74) is 0.441. The van der Waals surface area contributed by atoms with E-state index in [9.17, 15) is 9.90 Å². The molecule has 1 aliphatic heterocycles. The topological polar surface area (TPSA) is 68.2 Å². The number of methoxy groups -OCH3 is 1. The zero-order valence-electron chi connectivity index (χ0n) is 17.6. The summed E-state index contributed by atoms with van der Waals surface area (Å²) < 4.78 is 16.9. The van der Waals surface area contributed by atoms with E-state index in [2.05, 4.69) is 0 Å². The van der Waals surface area contributed by atoms with E-state index in [-0.39, 0.29) is 6.42 Å². The predicted molar refractivity (Wildman–Crippen MR) is 114 cm³/mol. The Bertz CT molecular complexity index is 791. The number of amides is 1. The van der Waals surface area contributed by atoms with Crippen LogP contribution in [0.2, 0.25) is 0 Å². The molecule has 162 valence electrons. The molecule has 6 heteroatoms. The van der Waals surface area contributed by atoms with Crippen LogP contribution in [-0.2, 0) is 15.3 Å². The number of unbranched alkanes of at least 4 members (excludes halogenated alkanes) is 1. The monoisotopic (exact) mass is 413 g/mol. The normalized spacial score (nSPS) is 16.0. The van der Waals surface area contributed by atoms with E-state index in [1.54, 1.807) is 24.1 Å². The van der Waals surface area contributed by atoms with Gasteiger partial charge in [-0.1, -0.05) is 30.3 Å². The van der Waals surface area contributed by atoms with Gasteiger partial charge >= 0.3 is 6.09 Å². The summed E-state index contributed by atoms with van der Waals surface area (Å²) in [4.78, 5) is 14.5. The van der Waals surface area contributed by atoms with Crippen LogP contribution in [0.1, 0.15) is 44.1 Å². The molecular formula is C24H31NO5. The number of carbonyl (C=O) groups excluding carboxylic acids is 1. The minimum Gasteiger partial charge on any atom is -0.457 e. The molecule has 1 heterocycles. The lowest BCUT2D eigenvalue weighted by Crippen LogP contribution is -2.42. The van der Waals surface area contributed by atoms with E-state index in [1.807, 2.05) is 42.5 Å². The van der Waals surface area contributed by atoms with Gasteiger partial charge in [0.1, 0.15) is 11.5 Å². The summed E-state index contributed by atoms with van der Waals surface area (Å²) in [6, 6.07) is 16.5. The molecule has 0 unspecified atom stereocenters. The summed E-state index contributed by atoms with van der Waals surface area (Å²) in [6.07, 6.45) is 4.17. The van der Waals surface area contributed by atoms with Gasteiger partial charge in [0.15, 0.2) is 0 Å². The second kappa shape index (κ2) is 11.0. The number of likely N-dealkylation sites (tertiary alicyclic amines) is 1. The minimum absolute atomic E-state index is 0.255. The second-order valence-electron chi connectivity index (χ2n) is 7.56. The highest BCUT2D eigenvalue weighted by Crippen LogP contribution is 2.38. The maximum Gasteiger partial charge on any atom is 0.412 e. The maximum atomic E-state index is 12.8. The number of para-hydroxylation sites is 2. The van der Waals surface area contributed by atoms with E-state index in [0.29, 0.717) is 43.2 Å². The third-order valence-electron chi connectivity index (χ3n) is 5.26. The van der Waals surface area contributed by atoms with Gasteiger partial charge in [-0.25, -0.2) is 4.79 Å². The Kier molecular flexibility index (Phi) is 8.11. The van der Waals surface area contributed by atoms with Crippen LogP contribution in [0.4, 0.5) is 4.79 Å². The Morgan fingerprint density at radius 3 is 2.43 bits per heavy atom. The predicted octanol–water partition coefficient (Wildman–Crippen LogP) is 5.06. The van der Waals surface area contributed by atoms with Crippen molar-refractivity contribution >= 4 is 6.09 Å². The summed E-state index contributed by atoms with van der Waals surface area (Å²) in [7, 11) is 1.64. The SMILES string of the molecule is COCCCC[C@](O)(OC(=O)N1CCCCC1)c1ccccc1Oc1ccccc1. The first-order valence-corrected chi connectivity index (χ1v) is 10.6. The Hall–Kier alpha value is -2.57. The van der Waals surface area contributed by atoms with Crippen molar-refractivity contribution in [3.8, 4) is 11.5 Å². The molecule has 0 saturated carbocycles. The Labute approximate surface area is 178 Å². The van der Waals surface area contributed by atoms with Crippen LogP contribution >= 0.6 is 0 Å². The van der Waals surface area contributed by atoms with Crippen molar-refractivity contribution in [1.29, 1.82) is 0 Å². The minimum atomic E-state index is -1.78. The molecule has 6 nitrogen and oxygen atoms in total. The fraction of sp³-hybridized carbons (Fsp3) is 0.458. The van der Waals surface area contributed by atoms with Crippen molar-refractivity contribution in [1.82, 2.24) is 4.90 Å². The highest BCUT2D eigenvalue weighted by Gasteiger charge is 2.38. The molecule has 1 saturated heterocycles. The van der Waals surface area contributed by atoms with E-state index in [0.717, 1.165) is 25.7 Å². The number of rotatable bonds is 9. The smallest absolute Gasteiger partial charge is 0.412 e. The number of carbonyl (C=O) groups is 1. The van der Waals surface area contributed by atoms with Gasteiger partial charge in [0.2, 0.25) is 5.79 Å². The van der Waals surface area contributed by atoms with Crippen molar-refractivity contribution in [2.75, 3.05) is 26.8 Å². The number of nitrogens with zero attached hydrogens (tertiary/aromatic N) is 1. The van der Waals surface area contributed by atoms with E-state index in [4.69, 9.17) is 14.2 Å². The quantitative estimate of drug-likeness (QED) is 0.459. The van der Waals surface area contributed by atoms with Crippen LogP contribution in [0.25, 0.3) is 0 Å². The molecular weight excluding hydrogens is 382 g/mol. The van der Waals surface area contributed by atoms with Crippen LogP contribution in [0.15, 0.2) is 54.6 Å². The van der Waals surface area contributed by atoms with Gasteiger partial charge in [0.05, 0.1) is 5.56 Å². The zero-order chi connectivity index (χ0) is 21.2. The lowest BCUT2D eigenvalue weighted by atomic mass is 9.98. The molecule has 1 atom stereocenters. The fourth-order valence-corrected chi connectivity index (χ4v) is 3.63. The molecule has 3 rings (SSSR count). The molecule has 1 N–H and O–H groups in total. The van der Waals surface area contributed by atoms with Crippen molar-refractivity contribution in [3.05, 3.63) is 60.2 Å². The van der Waals surface area contributed by atoms with Gasteiger partial charge in [0, 0.05) is 33.2 Å². The fourth-order valence-electron chi connectivity index (χ4n) is 3.63. The molecule has 0 radical (unpaired) electrons. The zero-order valence-corrected chi connectivity index (χ0v) is 17.6. The van der Waals surface area contributed by atoms with Gasteiger partial charge in [0.25, 0.3) is 0 Å². The average Bonchev–Trinajstić information content (AvgIpc) is 2.78. The molecule has 0 aromatic heterocycles. The Morgan fingerprint density at radius 1 is 1.00 bits per heavy atom. The lowest BCUT2D eigenvalue weighted by Gasteiger charge is -2.34. The molecule has 0 aliphatic carbocycles.